The molecule has 0 radical (unpaired) electrons. The molecule has 0 aromatic heterocycles. The van der Waals surface area contributed by atoms with Gasteiger partial charge in [-0.05, 0) is 45.1 Å². The molecule has 2 aliphatic rings. The van der Waals surface area contributed by atoms with Gasteiger partial charge in [0.1, 0.15) is 0 Å². The van der Waals surface area contributed by atoms with Crippen LogP contribution in [0.1, 0.15) is 51.1 Å². The molecule has 0 spiro atoms. The Kier molecular flexibility index (Phi) is 10.7. The van der Waals surface area contributed by atoms with E-state index in [1.807, 2.05) is 0 Å². The molecule has 164 valence electrons. The number of halogens is 1. The second-order valence-corrected chi connectivity index (χ2v) is 7.88. The lowest BCUT2D eigenvalue weighted by molar-refractivity contribution is 0.0374. The quantitative estimate of drug-likeness (QED) is 0.281. The second-order valence-electron chi connectivity index (χ2n) is 7.88. The molecule has 0 aliphatic carbocycles. The van der Waals surface area contributed by atoms with Gasteiger partial charge < -0.3 is 25.4 Å². The van der Waals surface area contributed by atoms with Crippen LogP contribution in [0.25, 0.3) is 0 Å². The minimum atomic E-state index is -0.0419. The van der Waals surface area contributed by atoms with Gasteiger partial charge in [-0.3, -0.25) is 4.99 Å². The van der Waals surface area contributed by atoms with Gasteiger partial charge in [0, 0.05) is 44.5 Å². The maximum atomic E-state index is 5.72. The summed E-state index contributed by atoms with van der Waals surface area (Å²) in [6.45, 7) is 9.17. The average molecular weight is 516 g/mol. The van der Waals surface area contributed by atoms with E-state index in [0.29, 0.717) is 6.10 Å². The topological polar surface area (TPSA) is 66.9 Å². The first-order chi connectivity index (χ1) is 13.7. The van der Waals surface area contributed by atoms with Crippen molar-refractivity contribution in [3.8, 4) is 0 Å². The molecule has 2 heterocycles. The summed E-state index contributed by atoms with van der Waals surface area (Å²) in [5, 5.41) is 10.7. The van der Waals surface area contributed by atoms with Crippen LogP contribution in [0.15, 0.2) is 35.3 Å². The van der Waals surface area contributed by atoms with Crippen LogP contribution in [-0.2, 0) is 9.47 Å². The van der Waals surface area contributed by atoms with Crippen LogP contribution in [0.3, 0.4) is 0 Å². The van der Waals surface area contributed by atoms with E-state index < -0.39 is 0 Å². The number of hydrogen-bond acceptors (Lipinski definition) is 4. The van der Waals surface area contributed by atoms with Gasteiger partial charge >= 0.3 is 0 Å². The third-order valence-electron chi connectivity index (χ3n) is 5.68. The highest BCUT2D eigenvalue weighted by Crippen LogP contribution is 2.26. The molecule has 0 saturated carbocycles. The minimum absolute atomic E-state index is 0. The molecule has 0 bridgehead atoms. The van der Waals surface area contributed by atoms with Gasteiger partial charge in [-0.2, -0.15) is 0 Å². The highest BCUT2D eigenvalue weighted by Gasteiger charge is 2.34. The highest BCUT2D eigenvalue weighted by molar-refractivity contribution is 14.0. The standard InChI is InChI=1S/C22H36N4O2.HI/c1-3-23-21(24-16-20-10-7-13-28-20)25-17-22(11-14-27-15-12-22)26-18(2)19-8-5-4-6-9-19;/h4-6,8-9,18,20,26H,3,7,10-17H2,1-2H3,(H2,23,24,25);1H. The van der Waals surface area contributed by atoms with E-state index in [1.165, 1.54) is 5.56 Å². The third-order valence-corrected chi connectivity index (χ3v) is 5.68. The normalized spacial score (nSPS) is 22.6. The number of nitrogens with zero attached hydrogens (tertiary/aromatic N) is 1. The molecule has 2 atom stereocenters. The Hall–Kier alpha value is -0.900. The third kappa shape index (κ3) is 7.70. The van der Waals surface area contributed by atoms with Crippen molar-refractivity contribution in [2.45, 2.75) is 57.2 Å². The molecular formula is C22H37IN4O2. The van der Waals surface area contributed by atoms with E-state index in [-0.39, 0.29) is 35.6 Å². The van der Waals surface area contributed by atoms with Crippen LogP contribution in [0.2, 0.25) is 0 Å². The number of nitrogens with one attached hydrogen (secondary N) is 3. The molecule has 1 aromatic rings. The first-order valence-corrected chi connectivity index (χ1v) is 10.7. The number of hydrogen-bond donors (Lipinski definition) is 3. The van der Waals surface area contributed by atoms with E-state index in [1.54, 1.807) is 0 Å². The van der Waals surface area contributed by atoms with Gasteiger partial charge in [0.25, 0.3) is 0 Å². The Morgan fingerprint density at radius 3 is 2.59 bits per heavy atom. The smallest absolute Gasteiger partial charge is 0.191 e. The molecule has 3 rings (SSSR count). The van der Waals surface area contributed by atoms with Crippen LogP contribution in [0.5, 0.6) is 0 Å². The summed E-state index contributed by atoms with van der Waals surface area (Å²) in [6.07, 6.45) is 4.53. The summed E-state index contributed by atoms with van der Waals surface area (Å²) < 4.78 is 11.4. The summed E-state index contributed by atoms with van der Waals surface area (Å²) in [7, 11) is 0. The van der Waals surface area contributed by atoms with Crippen molar-refractivity contribution in [2.24, 2.45) is 4.99 Å². The zero-order valence-corrected chi connectivity index (χ0v) is 20.1. The summed E-state index contributed by atoms with van der Waals surface area (Å²) in [5.74, 6) is 0.873. The molecule has 2 saturated heterocycles. The van der Waals surface area contributed by atoms with Crippen molar-refractivity contribution in [3.63, 3.8) is 0 Å². The molecular weight excluding hydrogens is 479 g/mol. The lowest BCUT2D eigenvalue weighted by Gasteiger charge is -2.39. The van der Waals surface area contributed by atoms with Crippen molar-refractivity contribution in [1.82, 2.24) is 16.0 Å². The molecule has 7 heteroatoms. The number of benzene rings is 1. The molecule has 3 N–H and O–H groups in total. The number of rotatable bonds is 8. The Morgan fingerprint density at radius 1 is 1.17 bits per heavy atom. The number of ether oxygens (including phenoxy) is 2. The predicted molar refractivity (Wildman–Crippen MR) is 129 cm³/mol. The van der Waals surface area contributed by atoms with E-state index in [4.69, 9.17) is 14.5 Å². The van der Waals surface area contributed by atoms with Crippen molar-refractivity contribution < 1.29 is 9.47 Å². The van der Waals surface area contributed by atoms with Gasteiger partial charge in [0.2, 0.25) is 0 Å². The average Bonchev–Trinajstić information content (AvgIpc) is 3.25. The van der Waals surface area contributed by atoms with Crippen LogP contribution >= 0.6 is 24.0 Å². The Bertz CT molecular complexity index is 602. The molecule has 1 aromatic carbocycles. The molecule has 0 amide bonds. The SMILES string of the molecule is CCNC(=NCC1(NC(C)c2ccccc2)CCOCC1)NCC1CCCO1.I. The second kappa shape index (κ2) is 12.7. The van der Waals surface area contributed by atoms with Crippen molar-refractivity contribution in [2.75, 3.05) is 39.5 Å². The summed E-state index contributed by atoms with van der Waals surface area (Å²) in [4.78, 5) is 4.94. The van der Waals surface area contributed by atoms with Gasteiger partial charge in [-0.15, -0.1) is 24.0 Å². The van der Waals surface area contributed by atoms with Crippen molar-refractivity contribution in [3.05, 3.63) is 35.9 Å². The van der Waals surface area contributed by atoms with E-state index >= 15 is 0 Å². The monoisotopic (exact) mass is 516 g/mol. The highest BCUT2D eigenvalue weighted by atomic mass is 127. The van der Waals surface area contributed by atoms with Gasteiger partial charge in [-0.1, -0.05) is 30.3 Å². The van der Waals surface area contributed by atoms with Gasteiger partial charge in [-0.25, -0.2) is 0 Å². The van der Waals surface area contributed by atoms with E-state index in [2.05, 4.69) is 60.1 Å². The Morgan fingerprint density at radius 2 is 1.93 bits per heavy atom. The zero-order chi connectivity index (χ0) is 19.7. The largest absolute Gasteiger partial charge is 0.381 e. The van der Waals surface area contributed by atoms with Crippen LogP contribution in [-0.4, -0.2) is 57.1 Å². The Balaban J connectivity index is 0.00000300. The van der Waals surface area contributed by atoms with E-state index in [0.717, 1.165) is 71.1 Å². The maximum Gasteiger partial charge on any atom is 0.191 e. The first kappa shape index (κ1) is 24.4. The van der Waals surface area contributed by atoms with Crippen LogP contribution in [0.4, 0.5) is 0 Å². The maximum absolute atomic E-state index is 5.72. The fourth-order valence-electron chi connectivity index (χ4n) is 3.98. The number of aliphatic imine (C=N–C) groups is 1. The summed E-state index contributed by atoms with van der Waals surface area (Å²) in [5.41, 5.74) is 1.26. The number of guanidine groups is 1. The fraction of sp³-hybridized carbons (Fsp3) is 0.682. The molecule has 6 nitrogen and oxygen atoms in total. The minimum Gasteiger partial charge on any atom is -0.381 e. The first-order valence-electron chi connectivity index (χ1n) is 10.7. The predicted octanol–water partition coefficient (Wildman–Crippen LogP) is 3.24. The molecule has 2 fully saturated rings. The summed E-state index contributed by atoms with van der Waals surface area (Å²) in [6, 6.07) is 10.9. The molecule has 2 aliphatic heterocycles. The fourth-order valence-corrected chi connectivity index (χ4v) is 3.98. The summed E-state index contributed by atoms with van der Waals surface area (Å²) >= 11 is 0. The van der Waals surface area contributed by atoms with Crippen LogP contribution in [0, 0.1) is 0 Å². The Labute approximate surface area is 192 Å². The molecule has 2 unspecified atom stereocenters. The van der Waals surface area contributed by atoms with E-state index in [9.17, 15) is 0 Å². The van der Waals surface area contributed by atoms with Gasteiger partial charge in [0.15, 0.2) is 5.96 Å². The van der Waals surface area contributed by atoms with Crippen molar-refractivity contribution in [1.29, 1.82) is 0 Å². The van der Waals surface area contributed by atoms with Crippen molar-refractivity contribution >= 4 is 29.9 Å². The lowest BCUT2D eigenvalue weighted by Crippen LogP contribution is -2.53. The molecule has 29 heavy (non-hydrogen) atoms. The zero-order valence-electron chi connectivity index (χ0n) is 17.8. The lowest BCUT2D eigenvalue weighted by atomic mass is 9.88. The van der Waals surface area contributed by atoms with Gasteiger partial charge in [0.05, 0.1) is 12.6 Å². The van der Waals surface area contributed by atoms with Crippen LogP contribution < -0.4 is 16.0 Å².